The van der Waals surface area contributed by atoms with Gasteiger partial charge in [0, 0.05) is 52.4 Å². The van der Waals surface area contributed by atoms with Crippen molar-refractivity contribution in [3.8, 4) is 11.5 Å². The third-order valence-corrected chi connectivity index (χ3v) is 6.86. The van der Waals surface area contributed by atoms with Crippen molar-refractivity contribution in [2.24, 2.45) is 5.92 Å². The second kappa shape index (κ2) is 14.5. The molecule has 0 bridgehead atoms. The summed E-state index contributed by atoms with van der Waals surface area (Å²) in [5, 5.41) is 21.0. The standard InChI is InChI=1S/C28H42N2O8/c1-19(2)13-22-15-29(20(3)31)16-26(35-4)28(34)23(32)17-36-12-6-5-11-30(22)27(33)10-8-21-7-9-24-25(14-21)38-18-37-24/h7-10,14,19,22-23,26,28,32,34H,5-6,11-13,15-18H2,1-4H3/b10-8+/t22-,23-,26-,28-/m1/s1. The molecule has 0 aliphatic carbocycles. The minimum absolute atomic E-state index is 0.0437. The first kappa shape index (κ1) is 29.9. The van der Waals surface area contributed by atoms with E-state index in [-0.39, 0.29) is 50.3 Å². The van der Waals surface area contributed by atoms with E-state index in [0.717, 1.165) is 5.56 Å². The fourth-order valence-corrected chi connectivity index (χ4v) is 4.76. The summed E-state index contributed by atoms with van der Waals surface area (Å²) in [5.41, 5.74) is 0.819. The highest BCUT2D eigenvalue weighted by Crippen LogP contribution is 2.32. The third-order valence-electron chi connectivity index (χ3n) is 6.86. The Morgan fingerprint density at radius 2 is 1.92 bits per heavy atom. The number of rotatable bonds is 5. The molecule has 3 rings (SSSR count). The van der Waals surface area contributed by atoms with Crippen LogP contribution in [0.4, 0.5) is 0 Å². The van der Waals surface area contributed by atoms with Gasteiger partial charge in [-0.05, 0) is 49.0 Å². The SMILES string of the molecule is CO[C@@H]1CN(C(C)=O)C[C@@H](CC(C)C)N(C(=O)/C=C/c2ccc3c(c2)OCO3)CCCCOC[C@@H](O)[C@H]1O. The number of hydrogen-bond donors (Lipinski definition) is 2. The van der Waals surface area contributed by atoms with Crippen molar-refractivity contribution in [2.45, 2.75) is 64.4 Å². The monoisotopic (exact) mass is 534 g/mol. The maximum Gasteiger partial charge on any atom is 0.246 e. The van der Waals surface area contributed by atoms with Gasteiger partial charge in [-0.15, -0.1) is 0 Å². The van der Waals surface area contributed by atoms with Gasteiger partial charge in [0.25, 0.3) is 0 Å². The zero-order chi connectivity index (χ0) is 27.7. The first-order chi connectivity index (χ1) is 18.2. The van der Waals surface area contributed by atoms with Crippen LogP contribution in [0.2, 0.25) is 0 Å². The highest BCUT2D eigenvalue weighted by atomic mass is 16.7. The summed E-state index contributed by atoms with van der Waals surface area (Å²) in [5.74, 6) is 1.25. The Balaban J connectivity index is 1.86. The molecule has 10 heteroatoms. The van der Waals surface area contributed by atoms with Gasteiger partial charge in [-0.3, -0.25) is 9.59 Å². The van der Waals surface area contributed by atoms with Crippen molar-refractivity contribution in [1.29, 1.82) is 0 Å². The molecule has 0 unspecified atom stereocenters. The van der Waals surface area contributed by atoms with Crippen molar-refractivity contribution in [1.82, 2.24) is 9.80 Å². The second-order valence-electron chi connectivity index (χ2n) is 10.3. The lowest BCUT2D eigenvalue weighted by Crippen LogP contribution is -2.53. The second-order valence-corrected chi connectivity index (χ2v) is 10.3. The fraction of sp³-hybridized carbons (Fsp3) is 0.643. The summed E-state index contributed by atoms with van der Waals surface area (Å²) in [6.07, 6.45) is 2.20. The number of carbonyl (C=O) groups is 2. The van der Waals surface area contributed by atoms with E-state index < -0.39 is 18.3 Å². The molecule has 1 fully saturated rings. The van der Waals surface area contributed by atoms with Crippen LogP contribution in [0.15, 0.2) is 24.3 Å². The normalized spacial score (nSPS) is 25.6. The maximum atomic E-state index is 13.6. The number of fused-ring (bicyclic) bond motifs is 1. The number of amides is 2. The average Bonchev–Trinajstić information content (AvgIpc) is 3.35. The highest BCUT2D eigenvalue weighted by Gasteiger charge is 2.32. The molecule has 212 valence electrons. The topological polar surface area (TPSA) is 118 Å². The van der Waals surface area contributed by atoms with Crippen molar-refractivity contribution in [3.63, 3.8) is 0 Å². The van der Waals surface area contributed by atoms with Gasteiger partial charge in [-0.1, -0.05) is 19.9 Å². The molecule has 1 saturated heterocycles. The summed E-state index contributed by atoms with van der Waals surface area (Å²) in [6, 6.07) is 5.26. The molecule has 4 atom stereocenters. The number of carbonyl (C=O) groups excluding carboxylic acids is 2. The van der Waals surface area contributed by atoms with Gasteiger partial charge >= 0.3 is 0 Å². The summed E-state index contributed by atoms with van der Waals surface area (Å²) in [6.45, 7) is 7.02. The molecule has 0 aromatic heterocycles. The van der Waals surface area contributed by atoms with Gasteiger partial charge in [-0.25, -0.2) is 0 Å². The smallest absolute Gasteiger partial charge is 0.246 e. The molecule has 2 aliphatic rings. The molecule has 2 N–H and O–H groups in total. The van der Waals surface area contributed by atoms with Crippen LogP contribution in [0.5, 0.6) is 11.5 Å². The van der Waals surface area contributed by atoms with Crippen LogP contribution >= 0.6 is 0 Å². The minimum Gasteiger partial charge on any atom is -0.454 e. The van der Waals surface area contributed by atoms with Gasteiger partial charge in [0.1, 0.15) is 18.3 Å². The number of aliphatic hydroxyl groups is 2. The predicted molar refractivity (Wildman–Crippen MR) is 142 cm³/mol. The van der Waals surface area contributed by atoms with Crippen molar-refractivity contribution >= 4 is 17.9 Å². The summed E-state index contributed by atoms with van der Waals surface area (Å²) < 4.78 is 21.8. The minimum atomic E-state index is -1.23. The van der Waals surface area contributed by atoms with Crippen LogP contribution in [-0.2, 0) is 19.1 Å². The Labute approximate surface area is 225 Å². The molecule has 0 saturated carbocycles. The first-order valence-electron chi connectivity index (χ1n) is 13.3. The van der Waals surface area contributed by atoms with E-state index in [9.17, 15) is 19.8 Å². The molecule has 0 spiro atoms. The Morgan fingerprint density at radius 1 is 1.16 bits per heavy atom. The van der Waals surface area contributed by atoms with Crippen LogP contribution < -0.4 is 9.47 Å². The van der Waals surface area contributed by atoms with Gasteiger partial charge < -0.3 is 39.0 Å². The number of aliphatic hydroxyl groups excluding tert-OH is 2. The zero-order valence-electron chi connectivity index (χ0n) is 22.9. The van der Waals surface area contributed by atoms with E-state index in [4.69, 9.17) is 18.9 Å². The molecule has 38 heavy (non-hydrogen) atoms. The molecule has 2 amide bonds. The van der Waals surface area contributed by atoms with Gasteiger partial charge in [0.15, 0.2) is 11.5 Å². The molecule has 10 nitrogen and oxygen atoms in total. The highest BCUT2D eigenvalue weighted by molar-refractivity contribution is 5.92. The summed E-state index contributed by atoms with van der Waals surface area (Å²) in [4.78, 5) is 29.7. The molecule has 2 aliphatic heterocycles. The summed E-state index contributed by atoms with van der Waals surface area (Å²) >= 11 is 0. The van der Waals surface area contributed by atoms with Gasteiger partial charge in [0.05, 0.1) is 6.61 Å². The Bertz CT molecular complexity index is 953. The molecular formula is C28H42N2O8. The molecule has 1 aromatic rings. The zero-order valence-corrected chi connectivity index (χ0v) is 22.9. The van der Waals surface area contributed by atoms with Crippen LogP contribution in [0.3, 0.4) is 0 Å². The lowest BCUT2D eigenvalue weighted by Gasteiger charge is -2.38. The first-order valence-corrected chi connectivity index (χ1v) is 13.3. The van der Waals surface area contributed by atoms with E-state index in [1.54, 1.807) is 17.1 Å². The van der Waals surface area contributed by atoms with Crippen LogP contribution in [0, 0.1) is 5.92 Å². The lowest BCUT2D eigenvalue weighted by atomic mass is 10.00. The molecular weight excluding hydrogens is 492 g/mol. The summed E-state index contributed by atoms with van der Waals surface area (Å²) in [7, 11) is 1.44. The van der Waals surface area contributed by atoms with Crippen LogP contribution in [0.1, 0.15) is 45.6 Å². The van der Waals surface area contributed by atoms with E-state index in [2.05, 4.69) is 13.8 Å². The Kier molecular flexibility index (Phi) is 11.4. The van der Waals surface area contributed by atoms with E-state index >= 15 is 0 Å². The number of nitrogens with zero attached hydrogens (tertiary/aromatic N) is 2. The number of hydrogen-bond acceptors (Lipinski definition) is 8. The average molecular weight is 535 g/mol. The van der Waals surface area contributed by atoms with E-state index in [1.807, 2.05) is 23.1 Å². The third kappa shape index (κ3) is 8.42. The number of ether oxygens (including phenoxy) is 4. The Morgan fingerprint density at radius 3 is 2.63 bits per heavy atom. The van der Waals surface area contributed by atoms with Crippen molar-refractivity contribution in [2.75, 3.05) is 46.8 Å². The largest absolute Gasteiger partial charge is 0.454 e. The van der Waals surface area contributed by atoms with Crippen molar-refractivity contribution in [3.05, 3.63) is 29.8 Å². The molecule has 2 heterocycles. The fourth-order valence-electron chi connectivity index (χ4n) is 4.76. The molecule has 1 aromatic carbocycles. The Hall–Kier alpha value is -2.66. The maximum absolute atomic E-state index is 13.6. The number of benzene rings is 1. The predicted octanol–water partition coefficient (Wildman–Crippen LogP) is 2.07. The van der Waals surface area contributed by atoms with Crippen molar-refractivity contribution < 1.29 is 38.7 Å². The number of methoxy groups -OCH3 is 1. The lowest BCUT2D eigenvalue weighted by molar-refractivity contribution is -0.140. The quantitative estimate of drug-likeness (QED) is 0.552. The van der Waals surface area contributed by atoms with Crippen LogP contribution in [-0.4, -0.2) is 103 Å². The van der Waals surface area contributed by atoms with Crippen LogP contribution in [0.25, 0.3) is 6.08 Å². The van der Waals surface area contributed by atoms with Gasteiger partial charge in [0.2, 0.25) is 18.6 Å². The van der Waals surface area contributed by atoms with E-state index in [0.29, 0.717) is 43.9 Å². The molecule has 0 radical (unpaired) electrons. The van der Waals surface area contributed by atoms with E-state index in [1.165, 1.54) is 14.0 Å². The van der Waals surface area contributed by atoms with Gasteiger partial charge in [-0.2, -0.15) is 0 Å².